The number of rotatable bonds is 5. The number of amides is 1. The van der Waals surface area contributed by atoms with Crippen molar-refractivity contribution in [2.24, 2.45) is 10.2 Å². The van der Waals surface area contributed by atoms with Crippen molar-refractivity contribution in [1.82, 2.24) is 24.7 Å². The van der Waals surface area contributed by atoms with Gasteiger partial charge in [0.1, 0.15) is 17.3 Å². The van der Waals surface area contributed by atoms with Gasteiger partial charge in [-0.1, -0.05) is 24.3 Å². The molecule has 0 aliphatic carbocycles. The molecule has 0 aliphatic rings. The van der Waals surface area contributed by atoms with E-state index in [9.17, 15) is 15.2 Å². The van der Waals surface area contributed by atoms with E-state index >= 15 is 0 Å². The Balaban J connectivity index is 1.60. The number of carbonyl (C=O) groups excluding carboxylic acids is 1. The number of phenolic OH excluding ortho intramolecular Hbond substituents is 1. The molecule has 0 spiro atoms. The number of hydrogen-bond donors (Lipinski definition) is 2. The standard InChI is InChI=1S/C24H15N9O2/c25-13-16-14-29-33(24-27-8-3-9-28-24)22(16)32-31-19-12-15-4-1-2-5-18(15)20(21(19)34)23(35)30-17-6-10-26-11-7-17/h1-12,14,34H,(H,26,30,35). The van der Waals surface area contributed by atoms with Crippen molar-refractivity contribution in [2.45, 2.75) is 0 Å². The van der Waals surface area contributed by atoms with Crippen LogP contribution in [0.25, 0.3) is 16.7 Å². The highest BCUT2D eigenvalue weighted by atomic mass is 16.3. The molecule has 5 rings (SSSR count). The van der Waals surface area contributed by atoms with E-state index in [0.717, 1.165) is 0 Å². The summed E-state index contributed by atoms with van der Waals surface area (Å²) in [7, 11) is 0. The first-order valence-electron chi connectivity index (χ1n) is 10.3. The number of nitrogens with one attached hydrogen (secondary N) is 1. The highest BCUT2D eigenvalue weighted by Gasteiger charge is 2.20. The fourth-order valence-electron chi connectivity index (χ4n) is 3.42. The van der Waals surface area contributed by atoms with Crippen molar-refractivity contribution in [3.63, 3.8) is 0 Å². The minimum atomic E-state index is -0.526. The normalized spacial score (nSPS) is 10.9. The van der Waals surface area contributed by atoms with Gasteiger partial charge in [0.2, 0.25) is 0 Å². The fraction of sp³-hybridized carbons (Fsp3) is 0. The number of azo groups is 1. The van der Waals surface area contributed by atoms with Gasteiger partial charge in [-0.15, -0.1) is 10.2 Å². The van der Waals surface area contributed by atoms with Crippen LogP contribution in [-0.2, 0) is 0 Å². The average molecular weight is 461 g/mol. The van der Waals surface area contributed by atoms with Gasteiger partial charge in [-0.25, -0.2) is 9.97 Å². The van der Waals surface area contributed by atoms with Crippen molar-refractivity contribution < 1.29 is 9.90 Å². The molecule has 3 aromatic heterocycles. The van der Waals surface area contributed by atoms with E-state index < -0.39 is 5.91 Å². The summed E-state index contributed by atoms with van der Waals surface area (Å²) in [5.41, 5.74) is 0.728. The molecule has 1 amide bonds. The molecule has 3 heterocycles. The molecule has 0 saturated heterocycles. The molecule has 0 saturated carbocycles. The third kappa shape index (κ3) is 4.14. The minimum Gasteiger partial charge on any atom is -0.505 e. The summed E-state index contributed by atoms with van der Waals surface area (Å²) in [6.07, 6.45) is 7.47. The van der Waals surface area contributed by atoms with Crippen LogP contribution in [0.5, 0.6) is 5.75 Å². The number of hydrogen-bond acceptors (Lipinski definition) is 9. The Kier molecular flexibility index (Phi) is 5.59. The number of carbonyl (C=O) groups is 1. The lowest BCUT2D eigenvalue weighted by Gasteiger charge is -2.12. The minimum absolute atomic E-state index is 0.0363. The number of fused-ring (bicyclic) bond motifs is 1. The Morgan fingerprint density at radius 2 is 1.80 bits per heavy atom. The predicted octanol–water partition coefficient (Wildman–Crippen LogP) is 4.46. The maximum atomic E-state index is 13.1. The van der Waals surface area contributed by atoms with Crippen LogP contribution < -0.4 is 5.32 Å². The summed E-state index contributed by atoms with van der Waals surface area (Å²) < 4.78 is 1.26. The van der Waals surface area contributed by atoms with Gasteiger partial charge in [-0.05, 0) is 35.0 Å². The molecule has 0 bridgehead atoms. The average Bonchev–Trinajstić information content (AvgIpc) is 3.31. The zero-order valence-electron chi connectivity index (χ0n) is 17.9. The Morgan fingerprint density at radius 1 is 1.03 bits per heavy atom. The van der Waals surface area contributed by atoms with Gasteiger partial charge >= 0.3 is 0 Å². The number of anilines is 1. The summed E-state index contributed by atoms with van der Waals surface area (Å²) in [5, 5.41) is 36.9. The van der Waals surface area contributed by atoms with E-state index in [2.05, 4.69) is 35.6 Å². The van der Waals surface area contributed by atoms with Crippen molar-refractivity contribution in [3.05, 3.63) is 90.6 Å². The first-order valence-corrected chi connectivity index (χ1v) is 10.3. The van der Waals surface area contributed by atoms with Crippen LogP contribution in [0.1, 0.15) is 15.9 Å². The summed E-state index contributed by atoms with van der Waals surface area (Å²) in [4.78, 5) is 25.3. The molecular formula is C24H15N9O2. The van der Waals surface area contributed by atoms with E-state index in [-0.39, 0.29) is 34.3 Å². The number of aromatic nitrogens is 5. The number of phenols is 1. The molecule has 0 aliphatic heterocycles. The zero-order valence-corrected chi connectivity index (χ0v) is 17.9. The van der Waals surface area contributed by atoms with Gasteiger partial charge in [-0.3, -0.25) is 9.78 Å². The lowest BCUT2D eigenvalue weighted by atomic mass is 10.0. The van der Waals surface area contributed by atoms with Crippen molar-refractivity contribution in [3.8, 4) is 17.8 Å². The number of nitriles is 1. The summed E-state index contributed by atoms with van der Waals surface area (Å²) >= 11 is 0. The van der Waals surface area contributed by atoms with Gasteiger partial charge in [0.15, 0.2) is 11.6 Å². The predicted molar refractivity (Wildman–Crippen MR) is 126 cm³/mol. The maximum absolute atomic E-state index is 13.1. The molecule has 35 heavy (non-hydrogen) atoms. The molecule has 0 radical (unpaired) electrons. The fourth-order valence-corrected chi connectivity index (χ4v) is 3.42. The second kappa shape index (κ2) is 9.16. The Hall–Kier alpha value is -5.50. The van der Waals surface area contributed by atoms with Gasteiger partial charge in [0, 0.05) is 30.5 Å². The molecular weight excluding hydrogens is 446 g/mol. The largest absolute Gasteiger partial charge is 0.505 e. The van der Waals surface area contributed by atoms with Gasteiger partial charge in [0.25, 0.3) is 11.9 Å². The quantitative estimate of drug-likeness (QED) is 0.366. The van der Waals surface area contributed by atoms with Gasteiger partial charge in [-0.2, -0.15) is 15.0 Å². The van der Waals surface area contributed by atoms with Crippen molar-refractivity contribution in [2.75, 3.05) is 5.32 Å². The third-order valence-corrected chi connectivity index (χ3v) is 5.03. The van der Waals surface area contributed by atoms with Crippen molar-refractivity contribution >= 4 is 33.9 Å². The lowest BCUT2D eigenvalue weighted by Crippen LogP contribution is -2.12. The summed E-state index contributed by atoms with van der Waals surface area (Å²) in [6.45, 7) is 0. The number of aromatic hydroxyl groups is 1. The van der Waals surface area contributed by atoms with E-state index in [0.29, 0.717) is 16.5 Å². The highest BCUT2D eigenvalue weighted by Crippen LogP contribution is 2.38. The highest BCUT2D eigenvalue weighted by molar-refractivity contribution is 6.16. The number of pyridine rings is 1. The van der Waals surface area contributed by atoms with Gasteiger partial charge < -0.3 is 10.4 Å². The number of benzene rings is 2. The monoisotopic (exact) mass is 461 g/mol. The van der Waals surface area contributed by atoms with Crippen LogP contribution in [0.3, 0.4) is 0 Å². The van der Waals surface area contributed by atoms with E-state index in [1.165, 1.54) is 23.3 Å². The van der Waals surface area contributed by atoms with E-state index in [4.69, 9.17) is 0 Å². The number of nitrogens with zero attached hydrogens (tertiary/aromatic N) is 8. The van der Waals surface area contributed by atoms with Crippen molar-refractivity contribution in [1.29, 1.82) is 5.26 Å². The van der Waals surface area contributed by atoms with Crippen LogP contribution >= 0.6 is 0 Å². The van der Waals surface area contributed by atoms with Crippen LogP contribution in [0.15, 0.2) is 89.7 Å². The zero-order chi connectivity index (χ0) is 24.2. The third-order valence-electron chi connectivity index (χ3n) is 5.03. The topological polar surface area (TPSA) is 154 Å². The first kappa shape index (κ1) is 21.4. The van der Waals surface area contributed by atoms with Crippen LogP contribution in [0, 0.1) is 11.3 Å². The Morgan fingerprint density at radius 3 is 2.57 bits per heavy atom. The van der Waals surface area contributed by atoms with Crippen LogP contribution in [0.4, 0.5) is 17.2 Å². The van der Waals surface area contributed by atoms with Crippen LogP contribution in [0.2, 0.25) is 0 Å². The second-order valence-corrected chi connectivity index (χ2v) is 7.18. The molecule has 2 N–H and O–H groups in total. The lowest BCUT2D eigenvalue weighted by molar-refractivity contribution is 0.102. The molecule has 5 aromatic rings. The molecule has 168 valence electrons. The second-order valence-electron chi connectivity index (χ2n) is 7.18. The maximum Gasteiger partial charge on any atom is 0.260 e. The molecule has 0 unspecified atom stereocenters. The Bertz CT molecular complexity index is 1610. The molecule has 11 nitrogen and oxygen atoms in total. The SMILES string of the molecule is N#Cc1cnn(-c2ncccn2)c1N=Nc1cc2ccccc2c(C(=O)Nc2ccncc2)c1O. The molecule has 0 fully saturated rings. The summed E-state index contributed by atoms with van der Waals surface area (Å²) in [6, 6.07) is 15.6. The van der Waals surface area contributed by atoms with Gasteiger partial charge in [0.05, 0.1) is 11.8 Å². The van der Waals surface area contributed by atoms with Crippen LogP contribution in [-0.4, -0.2) is 35.7 Å². The van der Waals surface area contributed by atoms with E-state index in [1.807, 2.05) is 6.07 Å². The molecule has 2 aromatic carbocycles. The molecule has 11 heteroatoms. The first-order chi connectivity index (χ1) is 17.2. The Labute approximate surface area is 198 Å². The summed E-state index contributed by atoms with van der Waals surface area (Å²) in [5.74, 6) is -0.612. The smallest absolute Gasteiger partial charge is 0.260 e. The van der Waals surface area contributed by atoms with E-state index in [1.54, 1.807) is 60.9 Å². The molecule has 0 atom stereocenters.